The van der Waals surface area contributed by atoms with Crippen molar-refractivity contribution in [1.82, 2.24) is 30.0 Å². The van der Waals surface area contributed by atoms with Crippen molar-refractivity contribution in [3.63, 3.8) is 0 Å². The number of hydrogen-bond donors (Lipinski definition) is 0. The Balaban J connectivity index is 1.52. The summed E-state index contributed by atoms with van der Waals surface area (Å²) in [6, 6.07) is 3.55. The number of amides is 1. The van der Waals surface area contributed by atoms with Gasteiger partial charge in [-0.25, -0.2) is 9.97 Å². The second-order valence-electron chi connectivity index (χ2n) is 6.30. The number of pyridine rings is 1. The largest absolute Gasteiger partial charge is 0.420 e. The van der Waals surface area contributed by atoms with Crippen LogP contribution in [0.3, 0.4) is 0 Å². The molecule has 4 rings (SSSR count). The molecule has 0 aromatic carbocycles. The molecule has 0 radical (unpaired) electrons. The zero-order valence-corrected chi connectivity index (χ0v) is 14.4. The van der Waals surface area contributed by atoms with Gasteiger partial charge in [0.15, 0.2) is 0 Å². The molecule has 0 aliphatic carbocycles. The summed E-state index contributed by atoms with van der Waals surface area (Å²) in [5, 5.41) is 8.34. The molecule has 1 fully saturated rings. The Labute approximate surface area is 150 Å². The first-order valence-corrected chi connectivity index (χ1v) is 8.52. The van der Waals surface area contributed by atoms with Crippen molar-refractivity contribution < 1.29 is 9.21 Å². The fraction of sp³-hybridized carbons (Fsp3) is 0.333. The number of aryl methyl sites for hydroxylation is 1. The summed E-state index contributed by atoms with van der Waals surface area (Å²) in [6.07, 6.45) is 8.20. The molecule has 0 bridgehead atoms. The van der Waals surface area contributed by atoms with E-state index < -0.39 is 0 Å². The van der Waals surface area contributed by atoms with Gasteiger partial charge in [0, 0.05) is 31.7 Å². The first kappa shape index (κ1) is 16.3. The molecule has 3 aromatic rings. The third kappa shape index (κ3) is 3.17. The van der Waals surface area contributed by atoms with Crippen LogP contribution >= 0.6 is 0 Å². The number of nitrogens with zero attached hydrogens (tertiary/aromatic N) is 6. The van der Waals surface area contributed by atoms with Gasteiger partial charge in [0.2, 0.25) is 5.89 Å². The van der Waals surface area contributed by atoms with E-state index in [1.54, 1.807) is 30.7 Å². The van der Waals surface area contributed by atoms with Gasteiger partial charge in [-0.05, 0) is 31.9 Å². The normalized spacial score (nSPS) is 17.3. The van der Waals surface area contributed by atoms with Gasteiger partial charge >= 0.3 is 0 Å². The van der Waals surface area contributed by atoms with Gasteiger partial charge in [0.25, 0.3) is 11.8 Å². The molecular formula is C18H18N6O2. The average molecular weight is 350 g/mol. The highest BCUT2D eigenvalue weighted by atomic mass is 16.4. The molecule has 132 valence electrons. The van der Waals surface area contributed by atoms with E-state index in [9.17, 15) is 4.79 Å². The summed E-state index contributed by atoms with van der Waals surface area (Å²) in [5.74, 6) is 0.964. The molecule has 8 heteroatoms. The maximum absolute atomic E-state index is 12.7. The van der Waals surface area contributed by atoms with Crippen LogP contribution in [-0.4, -0.2) is 49.0 Å². The quantitative estimate of drug-likeness (QED) is 0.714. The number of aromatic nitrogens is 5. The Morgan fingerprint density at radius 1 is 1.27 bits per heavy atom. The van der Waals surface area contributed by atoms with Crippen LogP contribution in [0.4, 0.5) is 0 Å². The predicted molar refractivity (Wildman–Crippen MR) is 92.2 cm³/mol. The van der Waals surface area contributed by atoms with E-state index in [4.69, 9.17) is 4.42 Å². The molecule has 1 atom stereocenters. The van der Waals surface area contributed by atoms with Crippen molar-refractivity contribution in [1.29, 1.82) is 0 Å². The predicted octanol–water partition coefficient (Wildman–Crippen LogP) is 2.25. The molecule has 4 heterocycles. The van der Waals surface area contributed by atoms with Crippen LogP contribution in [0.2, 0.25) is 0 Å². The third-order valence-electron chi connectivity index (χ3n) is 4.55. The van der Waals surface area contributed by atoms with Crippen molar-refractivity contribution in [2.45, 2.75) is 25.7 Å². The number of carbonyl (C=O) groups excluding carboxylic acids is 1. The molecule has 1 aliphatic heterocycles. The van der Waals surface area contributed by atoms with Crippen LogP contribution in [-0.2, 0) is 0 Å². The van der Waals surface area contributed by atoms with Crippen molar-refractivity contribution in [2.75, 3.05) is 13.1 Å². The highest BCUT2D eigenvalue weighted by Gasteiger charge is 2.29. The summed E-state index contributed by atoms with van der Waals surface area (Å²) in [5.41, 5.74) is 2.11. The molecule has 26 heavy (non-hydrogen) atoms. The Morgan fingerprint density at radius 2 is 2.19 bits per heavy atom. The van der Waals surface area contributed by atoms with Gasteiger partial charge in [-0.2, -0.15) is 0 Å². The summed E-state index contributed by atoms with van der Waals surface area (Å²) in [6.45, 7) is 3.15. The Morgan fingerprint density at radius 3 is 3.00 bits per heavy atom. The van der Waals surface area contributed by atoms with Gasteiger partial charge in [-0.15, -0.1) is 10.2 Å². The Kier molecular flexibility index (Phi) is 4.39. The smallest absolute Gasteiger partial charge is 0.255 e. The lowest BCUT2D eigenvalue weighted by Gasteiger charge is -2.31. The molecule has 0 N–H and O–H groups in total. The third-order valence-corrected chi connectivity index (χ3v) is 4.55. The van der Waals surface area contributed by atoms with Crippen molar-refractivity contribution >= 4 is 5.91 Å². The van der Waals surface area contributed by atoms with E-state index in [0.29, 0.717) is 23.9 Å². The standard InChI is InChI=1S/C18H18N6O2/c1-12-15(9-20-11-21-12)17-23-22-16(26-17)14-5-3-7-24(10-14)18(25)13-4-2-6-19-8-13/h2,4,6,8-9,11,14H,3,5,7,10H2,1H3. The van der Waals surface area contributed by atoms with E-state index in [1.165, 1.54) is 6.33 Å². The molecular weight excluding hydrogens is 332 g/mol. The summed E-state index contributed by atoms with van der Waals surface area (Å²) in [4.78, 5) is 26.7. The Hall–Kier alpha value is -3.16. The zero-order valence-electron chi connectivity index (χ0n) is 14.4. The van der Waals surface area contributed by atoms with Crippen LogP contribution in [0.1, 0.15) is 40.7 Å². The minimum atomic E-state index is -0.0187. The maximum atomic E-state index is 12.7. The average Bonchev–Trinajstić information content (AvgIpc) is 3.18. The second-order valence-corrected chi connectivity index (χ2v) is 6.30. The van der Waals surface area contributed by atoms with Gasteiger partial charge in [0.05, 0.1) is 22.7 Å². The minimum absolute atomic E-state index is 0.0187. The molecule has 1 saturated heterocycles. The summed E-state index contributed by atoms with van der Waals surface area (Å²) < 4.78 is 5.87. The van der Waals surface area contributed by atoms with Crippen LogP contribution in [0.5, 0.6) is 0 Å². The monoisotopic (exact) mass is 350 g/mol. The number of hydrogen-bond acceptors (Lipinski definition) is 7. The van der Waals surface area contributed by atoms with E-state index in [-0.39, 0.29) is 11.8 Å². The highest BCUT2D eigenvalue weighted by molar-refractivity contribution is 5.93. The van der Waals surface area contributed by atoms with Gasteiger partial charge < -0.3 is 9.32 Å². The van der Waals surface area contributed by atoms with E-state index >= 15 is 0 Å². The topological polar surface area (TPSA) is 97.9 Å². The number of likely N-dealkylation sites (tertiary alicyclic amines) is 1. The zero-order chi connectivity index (χ0) is 17.9. The lowest BCUT2D eigenvalue weighted by Crippen LogP contribution is -2.39. The van der Waals surface area contributed by atoms with Gasteiger partial charge in [-0.3, -0.25) is 9.78 Å². The molecule has 0 saturated carbocycles. The minimum Gasteiger partial charge on any atom is -0.420 e. The van der Waals surface area contributed by atoms with Gasteiger partial charge in [-0.1, -0.05) is 0 Å². The van der Waals surface area contributed by atoms with E-state index in [1.807, 2.05) is 11.8 Å². The second kappa shape index (κ2) is 6.99. The van der Waals surface area contributed by atoms with Crippen LogP contribution in [0.15, 0.2) is 41.5 Å². The van der Waals surface area contributed by atoms with E-state index in [0.717, 1.165) is 30.6 Å². The molecule has 0 spiro atoms. The fourth-order valence-electron chi connectivity index (χ4n) is 3.14. The van der Waals surface area contributed by atoms with Crippen molar-refractivity contribution in [3.05, 3.63) is 54.2 Å². The molecule has 1 aliphatic rings. The molecule has 8 nitrogen and oxygen atoms in total. The number of rotatable bonds is 3. The summed E-state index contributed by atoms with van der Waals surface area (Å²) >= 11 is 0. The number of piperidine rings is 1. The molecule has 1 unspecified atom stereocenters. The lowest BCUT2D eigenvalue weighted by molar-refractivity contribution is 0.0698. The first-order valence-electron chi connectivity index (χ1n) is 8.52. The van der Waals surface area contributed by atoms with Crippen LogP contribution < -0.4 is 0 Å². The lowest BCUT2D eigenvalue weighted by atomic mass is 9.97. The number of carbonyl (C=O) groups is 1. The molecule has 1 amide bonds. The highest BCUT2D eigenvalue weighted by Crippen LogP contribution is 2.29. The Bertz CT molecular complexity index is 911. The van der Waals surface area contributed by atoms with Crippen molar-refractivity contribution in [2.24, 2.45) is 0 Å². The van der Waals surface area contributed by atoms with Crippen LogP contribution in [0.25, 0.3) is 11.5 Å². The van der Waals surface area contributed by atoms with Gasteiger partial charge in [0.1, 0.15) is 6.33 Å². The fourth-order valence-corrected chi connectivity index (χ4v) is 3.14. The van der Waals surface area contributed by atoms with Crippen LogP contribution in [0, 0.1) is 6.92 Å². The van der Waals surface area contributed by atoms with E-state index in [2.05, 4.69) is 25.1 Å². The molecule has 3 aromatic heterocycles. The summed E-state index contributed by atoms with van der Waals surface area (Å²) in [7, 11) is 0. The van der Waals surface area contributed by atoms with Crippen molar-refractivity contribution in [3.8, 4) is 11.5 Å². The SMILES string of the molecule is Cc1ncncc1-c1nnc(C2CCCN(C(=O)c3cccnc3)C2)o1. The maximum Gasteiger partial charge on any atom is 0.255 e. The first-order chi connectivity index (χ1) is 12.7.